The van der Waals surface area contributed by atoms with E-state index in [1.54, 1.807) is 6.92 Å². The molecule has 0 spiro atoms. The van der Waals surface area contributed by atoms with Crippen molar-refractivity contribution in [2.45, 2.75) is 19.9 Å². The molecule has 4 rings (SSSR count). The van der Waals surface area contributed by atoms with Crippen LogP contribution >= 0.6 is 0 Å². The highest BCUT2D eigenvalue weighted by molar-refractivity contribution is 5.91. The largest absolute Gasteiger partial charge is 0.339 e. The normalized spacial score (nSPS) is 19.1. The fraction of sp³-hybridized carbons (Fsp3) is 0.250. The lowest BCUT2D eigenvalue weighted by molar-refractivity contribution is 0.0671. The van der Waals surface area contributed by atoms with Crippen molar-refractivity contribution in [3.05, 3.63) is 66.1 Å². The maximum Gasteiger partial charge on any atom is 0.322 e. The molecule has 1 N–H and O–H groups in total. The van der Waals surface area contributed by atoms with E-state index in [2.05, 4.69) is 34.5 Å². The van der Waals surface area contributed by atoms with Crippen LogP contribution in [0.1, 0.15) is 24.4 Å². The second kappa shape index (κ2) is 6.63. The number of anilines is 1. The number of urea groups is 1. The first-order valence-electron chi connectivity index (χ1n) is 8.65. The van der Waals surface area contributed by atoms with Crippen LogP contribution in [0.15, 0.2) is 59.1 Å². The Bertz CT molecular complexity index is 922. The molecule has 1 fully saturated rings. The van der Waals surface area contributed by atoms with Gasteiger partial charge in [-0.1, -0.05) is 54.5 Å². The summed E-state index contributed by atoms with van der Waals surface area (Å²) in [6.07, 6.45) is 0. The van der Waals surface area contributed by atoms with Gasteiger partial charge >= 0.3 is 6.03 Å². The first-order valence-corrected chi connectivity index (χ1v) is 8.65. The molecule has 1 aromatic heterocycles. The molecule has 1 aliphatic heterocycles. The zero-order valence-corrected chi connectivity index (χ0v) is 14.7. The van der Waals surface area contributed by atoms with Gasteiger partial charge in [0.25, 0.3) is 0 Å². The molecule has 132 valence electrons. The molecule has 2 atom stereocenters. The predicted octanol–water partition coefficient (Wildman–Crippen LogP) is 4.27. The quantitative estimate of drug-likeness (QED) is 0.767. The Labute approximate surface area is 151 Å². The van der Waals surface area contributed by atoms with E-state index >= 15 is 0 Å². The molecule has 0 aliphatic carbocycles. The van der Waals surface area contributed by atoms with Crippen molar-refractivity contribution < 1.29 is 9.32 Å². The molecular formula is C20H20N4O2. The maximum absolute atomic E-state index is 12.7. The Kier molecular flexibility index (Phi) is 4.16. The maximum atomic E-state index is 12.7. The fourth-order valence-electron chi connectivity index (χ4n) is 3.41. The van der Waals surface area contributed by atoms with Gasteiger partial charge in [0.2, 0.25) is 11.7 Å². The van der Waals surface area contributed by atoms with E-state index in [0.29, 0.717) is 23.3 Å². The minimum atomic E-state index is -0.0987. The van der Waals surface area contributed by atoms with E-state index in [0.717, 1.165) is 17.7 Å². The third kappa shape index (κ3) is 3.06. The molecule has 2 unspecified atom stereocenters. The highest BCUT2D eigenvalue weighted by Crippen LogP contribution is 2.38. The molecule has 2 heterocycles. The van der Waals surface area contributed by atoms with Crippen LogP contribution in [0.3, 0.4) is 0 Å². The van der Waals surface area contributed by atoms with Gasteiger partial charge in [0.15, 0.2) is 0 Å². The summed E-state index contributed by atoms with van der Waals surface area (Å²) in [5.74, 6) is 1.46. The molecule has 0 saturated carbocycles. The summed E-state index contributed by atoms with van der Waals surface area (Å²) in [4.78, 5) is 18.8. The summed E-state index contributed by atoms with van der Waals surface area (Å²) in [5, 5.41) is 6.90. The highest BCUT2D eigenvalue weighted by Gasteiger charge is 2.39. The van der Waals surface area contributed by atoms with Crippen molar-refractivity contribution in [3.63, 3.8) is 0 Å². The Morgan fingerprint density at radius 1 is 1.19 bits per heavy atom. The molecule has 26 heavy (non-hydrogen) atoms. The van der Waals surface area contributed by atoms with Gasteiger partial charge in [0, 0.05) is 24.7 Å². The van der Waals surface area contributed by atoms with Crippen LogP contribution < -0.4 is 5.32 Å². The number of hydrogen-bond acceptors (Lipinski definition) is 4. The lowest BCUT2D eigenvalue weighted by atomic mass is 9.85. The van der Waals surface area contributed by atoms with Gasteiger partial charge < -0.3 is 14.7 Å². The molecule has 0 bridgehead atoms. The van der Waals surface area contributed by atoms with E-state index in [9.17, 15) is 4.79 Å². The van der Waals surface area contributed by atoms with Crippen molar-refractivity contribution in [3.8, 4) is 11.4 Å². The number of amides is 2. The monoisotopic (exact) mass is 348 g/mol. The molecule has 6 nitrogen and oxygen atoms in total. The average Bonchev–Trinajstić information content (AvgIpc) is 3.07. The van der Waals surface area contributed by atoms with Gasteiger partial charge in [-0.25, -0.2) is 4.79 Å². The van der Waals surface area contributed by atoms with E-state index < -0.39 is 0 Å². The molecule has 2 amide bonds. The SMILES string of the molecule is Cc1nc(-c2cccc(NC(=O)N3CC(C)C3c3ccccc3)c2)no1. The number of nitrogens with one attached hydrogen (secondary N) is 1. The zero-order valence-electron chi connectivity index (χ0n) is 14.7. The Morgan fingerprint density at radius 3 is 2.69 bits per heavy atom. The molecule has 1 aliphatic rings. The Hall–Kier alpha value is -3.15. The van der Waals surface area contributed by atoms with Gasteiger partial charge in [-0.15, -0.1) is 0 Å². The van der Waals surface area contributed by atoms with Gasteiger partial charge in [-0.3, -0.25) is 0 Å². The lowest BCUT2D eigenvalue weighted by Gasteiger charge is -2.46. The zero-order chi connectivity index (χ0) is 18.1. The molecule has 2 aromatic carbocycles. The van der Waals surface area contributed by atoms with Gasteiger partial charge in [-0.05, 0) is 23.6 Å². The molecule has 3 aromatic rings. The van der Waals surface area contributed by atoms with E-state index in [1.165, 1.54) is 0 Å². The van der Waals surface area contributed by atoms with Crippen LogP contribution in [0.4, 0.5) is 10.5 Å². The van der Waals surface area contributed by atoms with Crippen LogP contribution in [0, 0.1) is 12.8 Å². The summed E-state index contributed by atoms with van der Waals surface area (Å²) >= 11 is 0. The molecular weight excluding hydrogens is 328 g/mol. The van der Waals surface area contributed by atoms with Crippen molar-refractivity contribution >= 4 is 11.7 Å². The Balaban J connectivity index is 1.50. The number of likely N-dealkylation sites (tertiary alicyclic amines) is 1. The average molecular weight is 348 g/mol. The fourth-order valence-corrected chi connectivity index (χ4v) is 3.41. The first kappa shape index (κ1) is 16.3. The number of benzene rings is 2. The number of nitrogens with zero attached hydrogens (tertiary/aromatic N) is 3. The third-order valence-corrected chi connectivity index (χ3v) is 4.66. The van der Waals surface area contributed by atoms with Crippen LogP contribution in [0.5, 0.6) is 0 Å². The Morgan fingerprint density at radius 2 is 2.00 bits per heavy atom. The molecule has 0 radical (unpaired) electrons. The number of rotatable bonds is 3. The minimum absolute atomic E-state index is 0.0987. The standard InChI is InChI=1S/C20H20N4O2/c1-13-12-24(18(13)15-7-4-3-5-8-15)20(25)22-17-10-6-9-16(11-17)19-21-14(2)26-23-19/h3-11,13,18H,12H2,1-2H3,(H,22,25). The van der Waals surface area contributed by atoms with Crippen LogP contribution in [0.25, 0.3) is 11.4 Å². The van der Waals surface area contributed by atoms with E-state index in [4.69, 9.17) is 4.52 Å². The third-order valence-electron chi connectivity index (χ3n) is 4.66. The van der Waals surface area contributed by atoms with Crippen LogP contribution in [-0.4, -0.2) is 27.6 Å². The van der Waals surface area contributed by atoms with Crippen molar-refractivity contribution in [2.24, 2.45) is 5.92 Å². The summed E-state index contributed by atoms with van der Waals surface area (Å²) < 4.78 is 5.02. The minimum Gasteiger partial charge on any atom is -0.339 e. The summed E-state index contributed by atoms with van der Waals surface area (Å²) in [5.41, 5.74) is 2.68. The molecule has 6 heteroatoms. The van der Waals surface area contributed by atoms with Crippen LogP contribution in [-0.2, 0) is 0 Å². The van der Waals surface area contributed by atoms with Gasteiger partial charge in [-0.2, -0.15) is 4.98 Å². The number of carbonyl (C=O) groups is 1. The summed E-state index contributed by atoms with van der Waals surface area (Å²) in [6.45, 7) is 4.66. The number of aryl methyl sites for hydroxylation is 1. The first-order chi connectivity index (χ1) is 12.6. The number of hydrogen-bond donors (Lipinski definition) is 1. The topological polar surface area (TPSA) is 71.3 Å². The van der Waals surface area contributed by atoms with Crippen molar-refractivity contribution in [2.75, 3.05) is 11.9 Å². The number of aromatic nitrogens is 2. The highest BCUT2D eigenvalue weighted by atomic mass is 16.5. The lowest BCUT2D eigenvalue weighted by Crippen LogP contribution is -2.53. The van der Waals surface area contributed by atoms with Crippen LogP contribution in [0.2, 0.25) is 0 Å². The van der Waals surface area contributed by atoms with E-state index in [-0.39, 0.29) is 12.1 Å². The number of carbonyl (C=O) groups excluding carboxylic acids is 1. The van der Waals surface area contributed by atoms with E-state index in [1.807, 2.05) is 47.4 Å². The summed E-state index contributed by atoms with van der Waals surface area (Å²) in [6, 6.07) is 17.6. The second-order valence-corrected chi connectivity index (χ2v) is 6.63. The van der Waals surface area contributed by atoms with Gasteiger partial charge in [0.05, 0.1) is 6.04 Å². The van der Waals surface area contributed by atoms with Crippen molar-refractivity contribution in [1.29, 1.82) is 0 Å². The second-order valence-electron chi connectivity index (χ2n) is 6.63. The predicted molar refractivity (Wildman–Crippen MR) is 98.5 cm³/mol. The molecule has 1 saturated heterocycles. The summed E-state index contributed by atoms with van der Waals surface area (Å²) in [7, 11) is 0. The van der Waals surface area contributed by atoms with Gasteiger partial charge in [0.1, 0.15) is 0 Å². The smallest absolute Gasteiger partial charge is 0.322 e. The van der Waals surface area contributed by atoms with Crippen molar-refractivity contribution in [1.82, 2.24) is 15.0 Å².